The van der Waals surface area contributed by atoms with Gasteiger partial charge in [-0.25, -0.2) is 0 Å². The van der Waals surface area contributed by atoms with E-state index >= 15 is 0 Å². The molecule has 1 atom stereocenters. The van der Waals surface area contributed by atoms with Crippen LogP contribution in [0.1, 0.15) is 18.5 Å². The van der Waals surface area contributed by atoms with Crippen LogP contribution < -0.4 is 14.8 Å². The molecule has 1 N–H and O–H groups in total. The smallest absolute Gasteiger partial charge is 0.128 e. The minimum absolute atomic E-state index is 0.284. The van der Waals surface area contributed by atoms with Gasteiger partial charge in [0, 0.05) is 16.7 Å². The summed E-state index contributed by atoms with van der Waals surface area (Å²) in [7, 11) is 0. The molecule has 1 unspecified atom stereocenters. The lowest BCUT2D eigenvalue weighted by atomic mass is 10.1. The molecule has 0 radical (unpaired) electrons. The number of ether oxygens (including phenoxy) is 2. The molecular formula is C13H16ClNO2. The number of benzene rings is 1. The van der Waals surface area contributed by atoms with Crippen LogP contribution >= 0.6 is 11.6 Å². The number of rotatable bonds is 5. The molecule has 0 saturated carbocycles. The van der Waals surface area contributed by atoms with Crippen molar-refractivity contribution in [2.75, 3.05) is 19.8 Å². The summed E-state index contributed by atoms with van der Waals surface area (Å²) < 4.78 is 11.1. The molecule has 0 amide bonds. The molecule has 0 fully saturated rings. The second-order valence-corrected chi connectivity index (χ2v) is 4.46. The number of halogens is 1. The van der Waals surface area contributed by atoms with Gasteiger partial charge in [0.05, 0.1) is 6.04 Å². The first kappa shape index (κ1) is 12.3. The Morgan fingerprint density at radius 1 is 1.65 bits per heavy atom. The van der Waals surface area contributed by atoms with Gasteiger partial charge in [0.25, 0.3) is 0 Å². The molecule has 0 aliphatic carbocycles. The molecule has 0 saturated heterocycles. The van der Waals surface area contributed by atoms with Gasteiger partial charge in [-0.1, -0.05) is 25.1 Å². The van der Waals surface area contributed by atoms with Gasteiger partial charge >= 0.3 is 0 Å². The normalized spacial score (nSPS) is 17.4. The van der Waals surface area contributed by atoms with E-state index in [-0.39, 0.29) is 6.04 Å². The average Bonchev–Trinajstić information content (AvgIpc) is 2.70. The van der Waals surface area contributed by atoms with E-state index in [4.69, 9.17) is 21.1 Å². The molecule has 4 heteroatoms. The Kier molecular flexibility index (Phi) is 3.92. The van der Waals surface area contributed by atoms with E-state index < -0.39 is 0 Å². The monoisotopic (exact) mass is 253 g/mol. The zero-order chi connectivity index (χ0) is 12.3. The highest BCUT2D eigenvalue weighted by atomic mass is 35.5. The van der Waals surface area contributed by atoms with Gasteiger partial charge in [-0.05, 0) is 18.7 Å². The summed E-state index contributed by atoms with van der Waals surface area (Å²) in [5.74, 6) is 1.64. The van der Waals surface area contributed by atoms with E-state index in [0.717, 1.165) is 18.0 Å². The summed E-state index contributed by atoms with van der Waals surface area (Å²) in [5, 5.41) is 3.85. The molecule has 2 rings (SSSR count). The molecule has 1 heterocycles. The van der Waals surface area contributed by atoms with Gasteiger partial charge in [-0.15, -0.1) is 0 Å². The summed E-state index contributed by atoms with van der Waals surface area (Å²) in [6, 6.07) is 6.14. The Hall–Kier alpha value is -1.19. The van der Waals surface area contributed by atoms with Crippen LogP contribution in [0.2, 0.25) is 0 Å². The molecular weight excluding hydrogens is 238 g/mol. The third-order valence-corrected chi connectivity index (χ3v) is 2.72. The van der Waals surface area contributed by atoms with Crippen LogP contribution in [0.15, 0.2) is 29.8 Å². The molecule has 0 aromatic heterocycles. The Balaban J connectivity index is 2.08. The van der Waals surface area contributed by atoms with E-state index in [1.807, 2.05) is 18.2 Å². The van der Waals surface area contributed by atoms with Crippen molar-refractivity contribution >= 4 is 11.6 Å². The zero-order valence-electron chi connectivity index (χ0n) is 9.83. The number of fused-ring (bicyclic) bond motifs is 1. The summed E-state index contributed by atoms with van der Waals surface area (Å²) in [6.45, 7) is 7.58. The molecule has 1 aliphatic heterocycles. The van der Waals surface area contributed by atoms with Crippen molar-refractivity contribution in [1.29, 1.82) is 0 Å². The Morgan fingerprint density at radius 2 is 2.47 bits per heavy atom. The molecule has 92 valence electrons. The Morgan fingerprint density at radius 3 is 3.18 bits per heavy atom. The SMILES string of the molecule is C=C(Cl)COc1ccc2c(c1)OCC2NCC. The fraction of sp³-hybridized carbons (Fsp3) is 0.385. The van der Waals surface area contributed by atoms with Crippen LogP contribution in [0.4, 0.5) is 0 Å². The van der Waals surface area contributed by atoms with Crippen LogP contribution in [-0.2, 0) is 0 Å². The quantitative estimate of drug-likeness (QED) is 0.875. The van der Waals surface area contributed by atoms with E-state index in [9.17, 15) is 0 Å². The van der Waals surface area contributed by atoms with Gasteiger partial charge in [0.1, 0.15) is 24.7 Å². The zero-order valence-corrected chi connectivity index (χ0v) is 10.6. The van der Waals surface area contributed by atoms with E-state index in [2.05, 4.69) is 18.8 Å². The second-order valence-electron chi connectivity index (χ2n) is 3.93. The van der Waals surface area contributed by atoms with Crippen molar-refractivity contribution < 1.29 is 9.47 Å². The highest BCUT2D eigenvalue weighted by molar-refractivity contribution is 6.29. The highest BCUT2D eigenvalue weighted by Crippen LogP contribution is 2.35. The first-order chi connectivity index (χ1) is 8.20. The minimum Gasteiger partial charge on any atom is -0.491 e. The predicted octanol–water partition coefficient (Wildman–Crippen LogP) is 2.86. The van der Waals surface area contributed by atoms with Crippen molar-refractivity contribution in [3.63, 3.8) is 0 Å². The molecule has 0 bridgehead atoms. The lowest BCUT2D eigenvalue weighted by molar-refractivity contribution is 0.310. The predicted molar refractivity (Wildman–Crippen MR) is 68.8 cm³/mol. The number of hydrogen-bond donors (Lipinski definition) is 1. The first-order valence-corrected chi connectivity index (χ1v) is 6.04. The summed E-state index contributed by atoms with van der Waals surface area (Å²) in [4.78, 5) is 0. The molecule has 1 aliphatic rings. The molecule has 17 heavy (non-hydrogen) atoms. The highest BCUT2D eigenvalue weighted by Gasteiger charge is 2.23. The maximum atomic E-state index is 5.65. The topological polar surface area (TPSA) is 30.5 Å². The van der Waals surface area contributed by atoms with Crippen LogP contribution in [0.3, 0.4) is 0 Å². The van der Waals surface area contributed by atoms with Crippen molar-refractivity contribution in [1.82, 2.24) is 5.32 Å². The molecule has 3 nitrogen and oxygen atoms in total. The van der Waals surface area contributed by atoms with Crippen LogP contribution in [0.5, 0.6) is 11.5 Å². The number of likely N-dealkylation sites (N-methyl/N-ethyl adjacent to an activating group) is 1. The average molecular weight is 254 g/mol. The van der Waals surface area contributed by atoms with Gasteiger partial charge in [-0.3, -0.25) is 0 Å². The van der Waals surface area contributed by atoms with Crippen LogP contribution in [0.25, 0.3) is 0 Å². The van der Waals surface area contributed by atoms with Crippen LogP contribution in [-0.4, -0.2) is 19.8 Å². The van der Waals surface area contributed by atoms with Crippen LogP contribution in [0, 0.1) is 0 Å². The lowest BCUT2D eigenvalue weighted by Gasteiger charge is -2.09. The molecule has 1 aromatic rings. The fourth-order valence-electron chi connectivity index (χ4n) is 1.86. The van der Waals surface area contributed by atoms with Gasteiger partial charge in [0.15, 0.2) is 0 Å². The molecule has 1 aromatic carbocycles. The second kappa shape index (κ2) is 5.43. The maximum Gasteiger partial charge on any atom is 0.128 e. The summed E-state index contributed by atoms with van der Waals surface area (Å²) in [5.41, 5.74) is 1.18. The third kappa shape index (κ3) is 2.93. The fourth-order valence-corrected chi connectivity index (χ4v) is 1.91. The van der Waals surface area contributed by atoms with Gasteiger partial charge in [-0.2, -0.15) is 0 Å². The third-order valence-electron chi connectivity index (χ3n) is 2.61. The summed E-state index contributed by atoms with van der Waals surface area (Å²) >= 11 is 5.65. The summed E-state index contributed by atoms with van der Waals surface area (Å²) in [6.07, 6.45) is 0. The first-order valence-electron chi connectivity index (χ1n) is 5.67. The standard InChI is InChI=1S/C13H16ClNO2/c1-3-15-12-8-17-13-6-10(4-5-11(12)13)16-7-9(2)14/h4-6,12,15H,2-3,7-8H2,1H3. The number of hydrogen-bond acceptors (Lipinski definition) is 3. The van der Waals surface area contributed by atoms with Gasteiger partial charge in [0.2, 0.25) is 0 Å². The van der Waals surface area contributed by atoms with Crippen molar-refractivity contribution in [2.24, 2.45) is 0 Å². The Bertz CT molecular complexity index is 420. The number of nitrogens with one attached hydrogen (secondary N) is 1. The van der Waals surface area contributed by atoms with E-state index in [0.29, 0.717) is 18.2 Å². The van der Waals surface area contributed by atoms with Crippen molar-refractivity contribution in [2.45, 2.75) is 13.0 Å². The Labute approximate surface area is 106 Å². The minimum atomic E-state index is 0.284. The van der Waals surface area contributed by atoms with Gasteiger partial charge < -0.3 is 14.8 Å². The molecule has 0 spiro atoms. The lowest BCUT2D eigenvalue weighted by Crippen LogP contribution is -2.21. The van der Waals surface area contributed by atoms with E-state index in [1.54, 1.807) is 0 Å². The van der Waals surface area contributed by atoms with E-state index in [1.165, 1.54) is 5.56 Å². The van der Waals surface area contributed by atoms with Crippen molar-refractivity contribution in [3.8, 4) is 11.5 Å². The van der Waals surface area contributed by atoms with Crippen molar-refractivity contribution in [3.05, 3.63) is 35.4 Å². The largest absolute Gasteiger partial charge is 0.491 e. The maximum absolute atomic E-state index is 5.65.